The van der Waals surface area contributed by atoms with Gasteiger partial charge in [0.05, 0.1) is 16.3 Å². The zero-order valence-electron chi connectivity index (χ0n) is 13.4. The van der Waals surface area contributed by atoms with E-state index in [1.165, 1.54) is 10.4 Å². The van der Waals surface area contributed by atoms with Crippen molar-refractivity contribution < 1.29 is 16.8 Å². The zero-order valence-corrected chi connectivity index (χ0v) is 16.7. The van der Waals surface area contributed by atoms with E-state index in [4.69, 9.17) is 0 Å². The van der Waals surface area contributed by atoms with Gasteiger partial charge in [0.25, 0.3) is 10.0 Å². The van der Waals surface area contributed by atoms with Gasteiger partial charge in [-0.15, -0.1) is 0 Å². The molecule has 0 aliphatic carbocycles. The third-order valence-electron chi connectivity index (χ3n) is 3.95. The Morgan fingerprint density at radius 1 is 1.12 bits per heavy atom. The molecule has 134 valence electrons. The maximum absolute atomic E-state index is 12.5. The molecule has 1 N–H and O–H groups in total. The fourth-order valence-corrected chi connectivity index (χ4v) is 5.58. The average Bonchev–Trinajstić information content (AvgIpc) is 2.90. The number of nitrogens with one attached hydrogen (secondary N) is 1. The van der Waals surface area contributed by atoms with Crippen LogP contribution in [-0.2, 0) is 20.0 Å². The van der Waals surface area contributed by atoms with Crippen LogP contribution < -0.4 is 9.03 Å². The highest BCUT2D eigenvalue weighted by Crippen LogP contribution is 2.27. The Balaban J connectivity index is 1.82. The first-order valence-electron chi connectivity index (χ1n) is 7.58. The van der Waals surface area contributed by atoms with E-state index in [1.807, 2.05) is 6.92 Å². The number of rotatable bonds is 4. The van der Waals surface area contributed by atoms with E-state index in [2.05, 4.69) is 20.7 Å². The predicted octanol–water partition coefficient (Wildman–Crippen LogP) is 3.10. The van der Waals surface area contributed by atoms with Gasteiger partial charge in [0.2, 0.25) is 10.0 Å². The molecule has 1 heterocycles. The van der Waals surface area contributed by atoms with Crippen LogP contribution in [0.25, 0.3) is 0 Å². The molecule has 0 bridgehead atoms. The first-order chi connectivity index (χ1) is 11.7. The lowest BCUT2D eigenvalue weighted by Crippen LogP contribution is -2.25. The minimum Gasteiger partial charge on any atom is -0.280 e. The number of sulfonamides is 2. The molecule has 25 heavy (non-hydrogen) atoms. The van der Waals surface area contributed by atoms with Gasteiger partial charge in [0, 0.05) is 16.7 Å². The number of anilines is 2. The molecule has 0 unspecified atom stereocenters. The van der Waals surface area contributed by atoms with Crippen molar-refractivity contribution in [3.05, 3.63) is 52.5 Å². The van der Waals surface area contributed by atoms with Crippen molar-refractivity contribution in [2.24, 2.45) is 0 Å². The van der Waals surface area contributed by atoms with Crippen molar-refractivity contribution in [3.63, 3.8) is 0 Å². The highest BCUT2D eigenvalue weighted by Gasteiger charge is 2.28. The van der Waals surface area contributed by atoms with Crippen LogP contribution in [0.2, 0.25) is 0 Å². The quantitative estimate of drug-likeness (QED) is 0.784. The summed E-state index contributed by atoms with van der Waals surface area (Å²) in [6.07, 6.45) is 0.597. The normalized spacial score (nSPS) is 16.8. The van der Waals surface area contributed by atoms with E-state index in [-0.39, 0.29) is 10.6 Å². The third kappa shape index (κ3) is 3.83. The van der Waals surface area contributed by atoms with E-state index in [0.29, 0.717) is 24.3 Å². The molecule has 0 aromatic heterocycles. The van der Waals surface area contributed by atoms with Crippen LogP contribution in [-0.4, -0.2) is 29.1 Å². The van der Waals surface area contributed by atoms with Crippen LogP contribution in [0, 0.1) is 6.92 Å². The standard InChI is InChI=1S/C16H17BrN2O4S2/c1-12-11-15(7-8-16(12)17)25(22,23)18-13-3-5-14(6-4-13)19-9-2-10-24(19,20)21/h3-8,11,18H,2,9-10H2,1H3. The first-order valence-corrected chi connectivity index (χ1v) is 11.5. The van der Waals surface area contributed by atoms with Gasteiger partial charge >= 0.3 is 0 Å². The van der Waals surface area contributed by atoms with Gasteiger partial charge < -0.3 is 0 Å². The first kappa shape index (κ1) is 18.2. The number of nitrogens with zero attached hydrogens (tertiary/aromatic N) is 1. The maximum Gasteiger partial charge on any atom is 0.261 e. The van der Waals surface area contributed by atoms with Crippen LogP contribution in [0.3, 0.4) is 0 Å². The summed E-state index contributed by atoms with van der Waals surface area (Å²) in [5, 5.41) is 0. The fourth-order valence-electron chi connectivity index (χ4n) is 2.62. The second-order valence-corrected chi connectivity index (χ2v) is 10.4. The summed E-state index contributed by atoms with van der Waals surface area (Å²) in [5.74, 6) is 0.143. The van der Waals surface area contributed by atoms with Crippen molar-refractivity contribution in [1.82, 2.24) is 0 Å². The summed E-state index contributed by atoms with van der Waals surface area (Å²) in [6.45, 7) is 2.26. The molecule has 0 radical (unpaired) electrons. The maximum atomic E-state index is 12.5. The zero-order chi connectivity index (χ0) is 18.2. The van der Waals surface area contributed by atoms with E-state index in [9.17, 15) is 16.8 Å². The number of benzene rings is 2. The minimum atomic E-state index is -3.71. The molecule has 1 saturated heterocycles. The van der Waals surface area contributed by atoms with E-state index in [0.717, 1.165) is 10.0 Å². The van der Waals surface area contributed by atoms with Crippen LogP contribution in [0.1, 0.15) is 12.0 Å². The van der Waals surface area contributed by atoms with E-state index < -0.39 is 20.0 Å². The number of hydrogen-bond donors (Lipinski definition) is 1. The Hall–Kier alpha value is -1.58. The average molecular weight is 445 g/mol. The van der Waals surface area contributed by atoms with Gasteiger partial charge in [-0.25, -0.2) is 16.8 Å². The Morgan fingerprint density at radius 2 is 1.80 bits per heavy atom. The molecular weight excluding hydrogens is 428 g/mol. The molecule has 0 spiro atoms. The molecule has 2 aromatic carbocycles. The molecule has 0 amide bonds. The number of aryl methyl sites for hydroxylation is 1. The lowest BCUT2D eigenvalue weighted by Gasteiger charge is -2.17. The summed E-state index contributed by atoms with van der Waals surface area (Å²) in [4.78, 5) is 0.166. The minimum absolute atomic E-state index is 0.143. The Morgan fingerprint density at radius 3 is 2.36 bits per heavy atom. The van der Waals surface area contributed by atoms with Crippen molar-refractivity contribution >= 4 is 47.4 Å². The largest absolute Gasteiger partial charge is 0.280 e. The summed E-state index contributed by atoms with van der Waals surface area (Å²) in [7, 11) is -6.96. The predicted molar refractivity (Wildman–Crippen MR) is 102 cm³/mol. The number of halogens is 1. The number of hydrogen-bond acceptors (Lipinski definition) is 4. The van der Waals surface area contributed by atoms with Crippen molar-refractivity contribution in [1.29, 1.82) is 0 Å². The highest BCUT2D eigenvalue weighted by atomic mass is 79.9. The second kappa shape index (κ2) is 6.62. The molecule has 1 aliphatic heterocycles. The second-order valence-electron chi connectivity index (χ2n) is 5.81. The van der Waals surface area contributed by atoms with Crippen molar-refractivity contribution in [3.8, 4) is 0 Å². The van der Waals surface area contributed by atoms with E-state index >= 15 is 0 Å². The molecule has 1 fully saturated rings. The Kier molecular flexibility index (Phi) is 4.82. The van der Waals surface area contributed by atoms with Crippen LogP contribution >= 0.6 is 15.9 Å². The Bertz CT molecular complexity index is 1000. The fraction of sp³-hybridized carbons (Fsp3) is 0.250. The highest BCUT2D eigenvalue weighted by molar-refractivity contribution is 9.10. The summed E-state index contributed by atoms with van der Waals surface area (Å²) in [6, 6.07) is 11.1. The van der Waals surface area contributed by atoms with Gasteiger partial charge in [-0.1, -0.05) is 15.9 Å². The van der Waals surface area contributed by atoms with Crippen LogP contribution in [0.4, 0.5) is 11.4 Å². The SMILES string of the molecule is Cc1cc(S(=O)(=O)Nc2ccc(N3CCCS3(=O)=O)cc2)ccc1Br. The molecule has 0 saturated carbocycles. The van der Waals surface area contributed by atoms with E-state index in [1.54, 1.807) is 36.4 Å². The smallest absolute Gasteiger partial charge is 0.261 e. The van der Waals surface area contributed by atoms with Gasteiger partial charge in [0.1, 0.15) is 0 Å². The third-order valence-corrected chi connectivity index (χ3v) is 8.08. The van der Waals surface area contributed by atoms with Crippen molar-refractivity contribution in [2.45, 2.75) is 18.2 Å². The molecule has 3 rings (SSSR count). The van der Waals surface area contributed by atoms with Gasteiger partial charge in [0.15, 0.2) is 0 Å². The van der Waals surface area contributed by atoms with Gasteiger partial charge in [-0.2, -0.15) is 0 Å². The lowest BCUT2D eigenvalue weighted by atomic mass is 10.2. The lowest BCUT2D eigenvalue weighted by molar-refractivity contribution is 0.598. The van der Waals surface area contributed by atoms with Crippen LogP contribution in [0.5, 0.6) is 0 Å². The van der Waals surface area contributed by atoms with Crippen LogP contribution in [0.15, 0.2) is 51.8 Å². The molecular formula is C16H17BrN2O4S2. The summed E-state index contributed by atoms with van der Waals surface area (Å²) < 4.78 is 53.5. The monoisotopic (exact) mass is 444 g/mol. The summed E-state index contributed by atoms with van der Waals surface area (Å²) in [5.41, 5.74) is 1.73. The Labute approximate surface area is 156 Å². The molecule has 9 heteroatoms. The van der Waals surface area contributed by atoms with Gasteiger partial charge in [-0.05, 0) is 61.4 Å². The molecule has 6 nitrogen and oxygen atoms in total. The van der Waals surface area contributed by atoms with Gasteiger partial charge in [-0.3, -0.25) is 9.03 Å². The topological polar surface area (TPSA) is 83.6 Å². The molecule has 1 aliphatic rings. The molecule has 2 aromatic rings. The van der Waals surface area contributed by atoms with Crippen molar-refractivity contribution in [2.75, 3.05) is 21.3 Å². The summed E-state index contributed by atoms with van der Waals surface area (Å²) >= 11 is 3.34. The molecule has 0 atom stereocenters.